The molecule has 0 fully saturated rings. The van der Waals surface area contributed by atoms with E-state index in [9.17, 15) is 4.79 Å². The minimum absolute atomic E-state index is 0.0485. The van der Waals surface area contributed by atoms with E-state index in [2.05, 4.69) is 52.2 Å². The van der Waals surface area contributed by atoms with Gasteiger partial charge in [0.2, 0.25) is 5.91 Å². The Morgan fingerprint density at radius 2 is 1.50 bits per heavy atom. The van der Waals surface area contributed by atoms with Gasteiger partial charge in [-0.3, -0.25) is 4.79 Å². The van der Waals surface area contributed by atoms with Crippen LogP contribution >= 0.6 is 0 Å². The first kappa shape index (κ1) is 13.4. The van der Waals surface area contributed by atoms with Crippen LogP contribution in [0.15, 0.2) is 0 Å². The molecular weight excluding hydrogens is 176 g/mol. The zero-order chi connectivity index (χ0) is 11.6. The number of carbonyl (C=O) groups excluding carboxylic acids is 1. The molecule has 0 rings (SSSR count). The summed E-state index contributed by atoms with van der Waals surface area (Å²) in [6, 6.07) is -0.160. The Morgan fingerprint density at radius 3 is 1.71 bits per heavy atom. The van der Waals surface area contributed by atoms with Crippen molar-refractivity contribution in [3.63, 3.8) is 0 Å². The third-order valence-electron chi connectivity index (χ3n) is 1.95. The Bertz CT molecular complexity index is 198. The number of hydrogen-bond donors (Lipinski definition) is 2. The van der Waals surface area contributed by atoms with Gasteiger partial charge in [0.1, 0.15) is 0 Å². The molecule has 0 saturated carbocycles. The van der Waals surface area contributed by atoms with E-state index in [0.29, 0.717) is 0 Å². The van der Waals surface area contributed by atoms with E-state index in [4.69, 9.17) is 0 Å². The fourth-order valence-electron chi connectivity index (χ4n) is 1.25. The van der Waals surface area contributed by atoms with Crippen LogP contribution in [0.25, 0.3) is 0 Å². The van der Waals surface area contributed by atoms with Gasteiger partial charge >= 0.3 is 0 Å². The molecule has 0 bridgehead atoms. The average molecular weight is 200 g/mol. The highest BCUT2D eigenvalue weighted by Crippen LogP contribution is 2.21. The summed E-state index contributed by atoms with van der Waals surface area (Å²) >= 11 is 0. The number of amides is 1. The van der Waals surface area contributed by atoms with Crippen LogP contribution in [0.1, 0.15) is 41.5 Å². The second-order valence-corrected chi connectivity index (χ2v) is 5.81. The predicted molar refractivity (Wildman–Crippen MR) is 60.2 cm³/mol. The van der Waals surface area contributed by atoms with Crippen molar-refractivity contribution in [2.24, 2.45) is 5.41 Å². The molecule has 0 heterocycles. The summed E-state index contributed by atoms with van der Waals surface area (Å²) in [4.78, 5) is 11.7. The summed E-state index contributed by atoms with van der Waals surface area (Å²) in [7, 11) is 1.67. The quantitative estimate of drug-likeness (QED) is 0.710. The van der Waals surface area contributed by atoms with Crippen molar-refractivity contribution in [1.29, 1.82) is 0 Å². The zero-order valence-corrected chi connectivity index (χ0v) is 10.5. The topological polar surface area (TPSA) is 41.1 Å². The van der Waals surface area contributed by atoms with Gasteiger partial charge in [-0.25, -0.2) is 0 Å². The van der Waals surface area contributed by atoms with E-state index < -0.39 is 0 Å². The fourth-order valence-corrected chi connectivity index (χ4v) is 1.25. The lowest BCUT2D eigenvalue weighted by Crippen LogP contribution is -2.56. The molecular formula is C11H24N2O. The van der Waals surface area contributed by atoms with E-state index >= 15 is 0 Å². The van der Waals surface area contributed by atoms with Crippen LogP contribution in [0.2, 0.25) is 0 Å². The number of hydrogen-bond acceptors (Lipinski definition) is 2. The van der Waals surface area contributed by atoms with E-state index in [-0.39, 0.29) is 22.9 Å². The summed E-state index contributed by atoms with van der Waals surface area (Å²) in [6.45, 7) is 12.4. The maximum Gasteiger partial charge on any atom is 0.237 e. The number of likely N-dealkylation sites (N-methyl/N-ethyl adjacent to an activating group) is 1. The molecule has 0 spiro atoms. The Morgan fingerprint density at radius 1 is 1.07 bits per heavy atom. The van der Waals surface area contributed by atoms with Gasteiger partial charge in [0.15, 0.2) is 0 Å². The third kappa shape index (κ3) is 4.61. The predicted octanol–water partition coefficient (Wildman–Crippen LogP) is 1.54. The van der Waals surface area contributed by atoms with Crippen LogP contribution in [0, 0.1) is 5.41 Å². The standard InChI is InChI=1S/C11H24N2O/c1-10(2,3)8(9(14)12-7)13-11(4,5)6/h8,13H,1-7H3,(H,12,14)/t8-/m0/s1. The molecule has 0 aliphatic carbocycles. The van der Waals surface area contributed by atoms with E-state index in [1.54, 1.807) is 7.05 Å². The summed E-state index contributed by atoms with van der Waals surface area (Å²) in [5.41, 5.74) is -0.127. The summed E-state index contributed by atoms with van der Waals surface area (Å²) in [5.74, 6) is 0.0485. The molecule has 0 aliphatic heterocycles. The second kappa shape index (κ2) is 4.30. The van der Waals surface area contributed by atoms with Crippen LogP contribution in [0.3, 0.4) is 0 Å². The van der Waals surface area contributed by atoms with Crippen molar-refractivity contribution in [3.05, 3.63) is 0 Å². The van der Waals surface area contributed by atoms with Crippen molar-refractivity contribution >= 4 is 5.91 Å². The third-order valence-corrected chi connectivity index (χ3v) is 1.95. The van der Waals surface area contributed by atoms with Crippen molar-refractivity contribution in [3.8, 4) is 0 Å². The Hall–Kier alpha value is -0.570. The molecule has 14 heavy (non-hydrogen) atoms. The molecule has 3 nitrogen and oxygen atoms in total. The molecule has 0 radical (unpaired) electrons. The SMILES string of the molecule is CNC(=O)[C@H](NC(C)(C)C)C(C)(C)C. The molecule has 0 unspecified atom stereocenters. The van der Waals surface area contributed by atoms with Crippen molar-refractivity contribution in [2.75, 3.05) is 7.05 Å². The Balaban J connectivity index is 4.67. The van der Waals surface area contributed by atoms with Crippen molar-refractivity contribution < 1.29 is 4.79 Å². The number of rotatable bonds is 2. The Labute approximate surface area is 87.6 Å². The van der Waals surface area contributed by atoms with Gasteiger partial charge < -0.3 is 10.6 Å². The zero-order valence-electron chi connectivity index (χ0n) is 10.5. The first-order valence-electron chi connectivity index (χ1n) is 5.07. The van der Waals surface area contributed by atoms with Crippen LogP contribution in [0.5, 0.6) is 0 Å². The minimum atomic E-state index is -0.160. The highest BCUT2D eigenvalue weighted by Gasteiger charge is 2.33. The van der Waals surface area contributed by atoms with Gasteiger partial charge in [0.25, 0.3) is 0 Å². The largest absolute Gasteiger partial charge is 0.358 e. The van der Waals surface area contributed by atoms with Crippen LogP contribution in [-0.2, 0) is 4.79 Å². The molecule has 84 valence electrons. The molecule has 2 N–H and O–H groups in total. The fraction of sp³-hybridized carbons (Fsp3) is 0.909. The van der Waals surface area contributed by atoms with Crippen LogP contribution < -0.4 is 10.6 Å². The molecule has 0 aromatic rings. The van der Waals surface area contributed by atoms with Gasteiger partial charge in [-0.05, 0) is 26.2 Å². The monoisotopic (exact) mass is 200 g/mol. The lowest BCUT2D eigenvalue weighted by atomic mass is 9.84. The molecule has 0 aliphatic rings. The molecule has 0 aromatic heterocycles. The maximum absolute atomic E-state index is 11.7. The molecule has 1 amide bonds. The highest BCUT2D eigenvalue weighted by atomic mass is 16.2. The van der Waals surface area contributed by atoms with E-state index in [1.165, 1.54) is 0 Å². The molecule has 0 saturated heterocycles. The second-order valence-electron chi connectivity index (χ2n) is 5.81. The lowest BCUT2D eigenvalue weighted by molar-refractivity contribution is -0.125. The highest BCUT2D eigenvalue weighted by molar-refractivity contribution is 5.82. The lowest BCUT2D eigenvalue weighted by Gasteiger charge is -2.35. The Kier molecular flexibility index (Phi) is 4.13. The van der Waals surface area contributed by atoms with Crippen LogP contribution in [0.4, 0.5) is 0 Å². The summed E-state index contributed by atoms with van der Waals surface area (Å²) in [5, 5.41) is 6.03. The first-order valence-corrected chi connectivity index (χ1v) is 5.07. The van der Waals surface area contributed by atoms with E-state index in [1.807, 2.05) is 0 Å². The molecule has 1 atom stereocenters. The molecule has 3 heteroatoms. The first-order chi connectivity index (χ1) is 6.08. The van der Waals surface area contributed by atoms with Crippen molar-refractivity contribution in [1.82, 2.24) is 10.6 Å². The summed E-state index contributed by atoms with van der Waals surface area (Å²) in [6.07, 6.45) is 0. The maximum atomic E-state index is 11.7. The van der Waals surface area contributed by atoms with Gasteiger partial charge in [0, 0.05) is 12.6 Å². The van der Waals surface area contributed by atoms with Crippen molar-refractivity contribution in [2.45, 2.75) is 53.1 Å². The molecule has 0 aromatic carbocycles. The van der Waals surface area contributed by atoms with Gasteiger partial charge in [0.05, 0.1) is 6.04 Å². The minimum Gasteiger partial charge on any atom is -0.358 e. The van der Waals surface area contributed by atoms with Gasteiger partial charge in [-0.1, -0.05) is 20.8 Å². The number of carbonyl (C=O) groups is 1. The van der Waals surface area contributed by atoms with E-state index in [0.717, 1.165) is 0 Å². The normalized spacial score (nSPS) is 15.1. The summed E-state index contributed by atoms with van der Waals surface area (Å²) < 4.78 is 0. The smallest absolute Gasteiger partial charge is 0.237 e. The van der Waals surface area contributed by atoms with Gasteiger partial charge in [-0.2, -0.15) is 0 Å². The van der Waals surface area contributed by atoms with Gasteiger partial charge in [-0.15, -0.1) is 0 Å². The van der Waals surface area contributed by atoms with Crippen LogP contribution in [-0.4, -0.2) is 24.5 Å². The number of nitrogens with one attached hydrogen (secondary N) is 2. The average Bonchev–Trinajstić information content (AvgIpc) is 1.95.